The quantitative estimate of drug-likeness (QED) is 0.836. The third-order valence-electron chi connectivity index (χ3n) is 5.09. The van der Waals surface area contributed by atoms with Gasteiger partial charge in [-0.05, 0) is 26.0 Å². The van der Waals surface area contributed by atoms with Crippen LogP contribution in [-0.2, 0) is 11.0 Å². The Morgan fingerprint density at radius 1 is 1.19 bits per heavy atom. The van der Waals surface area contributed by atoms with E-state index in [1.54, 1.807) is 0 Å². The van der Waals surface area contributed by atoms with Gasteiger partial charge in [0.2, 0.25) is 5.91 Å². The molecule has 0 atom stereocenters. The van der Waals surface area contributed by atoms with Crippen LogP contribution in [0.1, 0.15) is 18.4 Å². The van der Waals surface area contributed by atoms with Gasteiger partial charge in [0.05, 0.1) is 10.6 Å². The number of piperazine rings is 1. The third-order valence-corrected chi connectivity index (χ3v) is 5.36. The van der Waals surface area contributed by atoms with Gasteiger partial charge in [0.25, 0.3) is 0 Å². The monoisotopic (exact) mass is 405 g/mol. The van der Waals surface area contributed by atoms with Crippen LogP contribution in [-0.4, -0.2) is 67.1 Å². The van der Waals surface area contributed by atoms with E-state index in [9.17, 15) is 18.0 Å². The summed E-state index contributed by atoms with van der Waals surface area (Å²) in [7, 11) is 2.05. The number of pyridine rings is 1. The average molecular weight is 406 g/mol. The predicted octanol–water partition coefficient (Wildman–Crippen LogP) is 2.25. The molecular formula is C17H23ClF3N5O. The topological polar surface area (TPSA) is 51.7 Å². The molecule has 3 rings (SSSR count). The average Bonchev–Trinajstić information content (AvgIpc) is 2.63. The number of carbonyl (C=O) groups is 1. The van der Waals surface area contributed by atoms with E-state index in [0.29, 0.717) is 31.7 Å². The molecule has 0 aliphatic carbocycles. The molecule has 0 radical (unpaired) electrons. The van der Waals surface area contributed by atoms with E-state index in [2.05, 4.69) is 22.4 Å². The van der Waals surface area contributed by atoms with E-state index >= 15 is 0 Å². The number of halogens is 4. The molecule has 0 bridgehead atoms. The molecule has 6 nitrogen and oxygen atoms in total. The first kappa shape index (κ1) is 20.2. The summed E-state index contributed by atoms with van der Waals surface area (Å²) >= 11 is 6.01. The molecule has 10 heteroatoms. The summed E-state index contributed by atoms with van der Waals surface area (Å²) in [6.07, 6.45) is -2.45. The molecule has 150 valence electrons. The minimum atomic E-state index is -4.47. The number of piperidine rings is 1. The van der Waals surface area contributed by atoms with Crippen molar-refractivity contribution in [2.45, 2.75) is 19.0 Å². The number of likely N-dealkylation sites (N-methyl/N-ethyl adjacent to an activating group) is 1. The maximum Gasteiger partial charge on any atom is 0.417 e. The summed E-state index contributed by atoms with van der Waals surface area (Å²) in [5.41, 5.74) is 2.12. The van der Waals surface area contributed by atoms with Crippen molar-refractivity contribution in [3.8, 4) is 0 Å². The number of hydrogen-bond donors (Lipinski definition) is 1. The lowest BCUT2D eigenvalue weighted by atomic mass is 9.96. The lowest BCUT2D eigenvalue weighted by Gasteiger charge is -2.36. The van der Waals surface area contributed by atoms with Crippen molar-refractivity contribution in [1.29, 1.82) is 0 Å². The van der Waals surface area contributed by atoms with Crippen molar-refractivity contribution in [1.82, 2.24) is 20.3 Å². The van der Waals surface area contributed by atoms with E-state index in [4.69, 9.17) is 11.6 Å². The van der Waals surface area contributed by atoms with Crippen molar-refractivity contribution >= 4 is 23.3 Å². The van der Waals surface area contributed by atoms with Crippen LogP contribution in [0.15, 0.2) is 12.3 Å². The van der Waals surface area contributed by atoms with Crippen molar-refractivity contribution in [3.05, 3.63) is 22.8 Å². The molecule has 2 saturated heterocycles. The Bertz CT molecular complexity index is 671. The summed E-state index contributed by atoms with van der Waals surface area (Å²) < 4.78 is 38.2. The first-order chi connectivity index (χ1) is 12.7. The molecule has 2 fully saturated rings. The standard InChI is InChI=1S/C17H23ClF3N5O/c1-24-6-8-26(9-7-24)23-16(27)12-2-4-25(5-3-12)15-14(18)10-13(11-22-15)17(19,20)21/h10-12H,2-9H2,1H3,(H,23,27). The number of anilines is 1. The Labute approximate surface area is 161 Å². The lowest BCUT2D eigenvalue weighted by molar-refractivity contribution is -0.137. The zero-order valence-electron chi connectivity index (χ0n) is 15.1. The summed E-state index contributed by atoms with van der Waals surface area (Å²) in [6.45, 7) is 4.48. The highest BCUT2D eigenvalue weighted by atomic mass is 35.5. The molecule has 1 aromatic rings. The van der Waals surface area contributed by atoms with E-state index < -0.39 is 11.7 Å². The van der Waals surface area contributed by atoms with E-state index in [-0.39, 0.29) is 16.8 Å². The number of rotatable bonds is 3. The van der Waals surface area contributed by atoms with Gasteiger partial charge in [0.15, 0.2) is 0 Å². The number of carbonyl (C=O) groups excluding carboxylic acids is 1. The summed E-state index contributed by atoms with van der Waals surface area (Å²) in [4.78, 5) is 20.4. The van der Waals surface area contributed by atoms with Gasteiger partial charge in [-0.1, -0.05) is 11.6 Å². The number of hydrogen-bond acceptors (Lipinski definition) is 5. The summed E-state index contributed by atoms with van der Waals surface area (Å²) in [5.74, 6) is 0.224. The fourth-order valence-corrected chi connectivity index (χ4v) is 3.62. The number of aromatic nitrogens is 1. The van der Waals surface area contributed by atoms with Crippen LogP contribution in [0, 0.1) is 5.92 Å². The summed E-state index contributed by atoms with van der Waals surface area (Å²) in [6, 6.07) is 0.899. The number of hydrazine groups is 1. The molecule has 1 aromatic heterocycles. The number of amides is 1. The second-order valence-electron chi connectivity index (χ2n) is 7.05. The highest BCUT2D eigenvalue weighted by Gasteiger charge is 2.33. The fraction of sp³-hybridized carbons (Fsp3) is 0.647. The lowest BCUT2D eigenvalue weighted by Crippen LogP contribution is -2.54. The number of nitrogens with zero attached hydrogens (tertiary/aromatic N) is 4. The molecule has 0 spiro atoms. The normalized spacial score (nSPS) is 20.7. The van der Waals surface area contributed by atoms with Crippen molar-refractivity contribution in [2.75, 3.05) is 51.2 Å². The second kappa shape index (κ2) is 8.20. The third kappa shape index (κ3) is 5.03. The molecule has 2 aliphatic rings. The molecule has 1 amide bonds. The van der Waals surface area contributed by atoms with Gasteiger partial charge in [-0.25, -0.2) is 9.99 Å². The molecule has 27 heavy (non-hydrogen) atoms. The maximum absolute atomic E-state index is 12.7. The van der Waals surface area contributed by atoms with Gasteiger partial charge in [-0.2, -0.15) is 13.2 Å². The highest BCUT2D eigenvalue weighted by molar-refractivity contribution is 6.33. The molecular weight excluding hydrogens is 383 g/mol. The second-order valence-corrected chi connectivity index (χ2v) is 7.46. The van der Waals surface area contributed by atoms with Crippen LogP contribution >= 0.6 is 11.6 Å². The van der Waals surface area contributed by atoms with Crippen LogP contribution < -0.4 is 10.3 Å². The van der Waals surface area contributed by atoms with Gasteiger partial charge < -0.3 is 9.80 Å². The minimum absolute atomic E-state index is 0.00526. The highest BCUT2D eigenvalue weighted by Crippen LogP contribution is 2.34. The van der Waals surface area contributed by atoms with E-state index in [1.165, 1.54) is 0 Å². The van der Waals surface area contributed by atoms with Crippen LogP contribution in [0.25, 0.3) is 0 Å². The van der Waals surface area contributed by atoms with Gasteiger partial charge in [0, 0.05) is 51.4 Å². The van der Waals surface area contributed by atoms with Gasteiger partial charge in [-0.15, -0.1) is 0 Å². The van der Waals surface area contributed by atoms with Crippen LogP contribution in [0.2, 0.25) is 5.02 Å². The number of nitrogens with one attached hydrogen (secondary N) is 1. The zero-order chi connectivity index (χ0) is 19.6. The Kier molecular flexibility index (Phi) is 6.12. The minimum Gasteiger partial charge on any atom is -0.355 e. The van der Waals surface area contributed by atoms with Gasteiger partial charge in [-0.3, -0.25) is 10.2 Å². The van der Waals surface area contributed by atoms with E-state index in [0.717, 1.165) is 38.4 Å². The molecule has 2 aliphatic heterocycles. The molecule has 0 unspecified atom stereocenters. The Morgan fingerprint density at radius 3 is 2.37 bits per heavy atom. The molecule has 3 heterocycles. The van der Waals surface area contributed by atoms with Gasteiger partial charge >= 0.3 is 6.18 Å². The first-order valence-electron chi connectivity index (χ1n) is 8.95. The molecule has 0 saturated carbocycles. The smallest absolute Gasteiger partial charge is 0.355 e. The Balaban J connectivity index is 1.53. The molecule has 0 aromatic carbocycles. The fourth-order valence-electron chi connectivity index (χ4n) is 3.34. The Morgan fingerprint density at radius 2 is 1.81 bits per heavy atom. The van der Waals surface area contributed by atoms with E-state index in [1.807, 2.05) is 9.91 Å². The Hall–Kier alpha value is -1.58. The van der Waals surface area contributed by atoms with Crippen LogP contribution in [0.5, 0.6) is 0 Å². The maximum atomic E-state index is 12.7. The first-order valence-corrected chi connectivity index (χ1v) is 9.33. The van der Waals surface area contributed by atoms with Crippen LogP contribution in [0.4, 0.5) is 19.0 Å². The largest absolute Gasteiger partial charge is 0.417 e. The summed E-state index contributed by atoms with van der Waals surface area (Å²) in [5, 5.41) is 1.92. The van der Waals surface area contributed by atoms with Crippen molar-refractivity contribution in [2.24, 2.45) is 5.92 Å². The predicted molar refractivity (Wildman–Crippen MR) is 96.4 cm³/mol. The molecule has 1 N–H and O–H groups in total. The van der Waals surface area contributed by atoms with Gasteiger partial charge in [0.1, 0.15) is 5.82 Å². The van der Waals surface area contributed by atoms with Crippen molar-refractivity contribution < 1.29 is 18.0 Å². The van der Waals surface area contributed by atoms with Crippen LogP contribution in [0.3, 0.4) is 0 Å². The SMILES string of the molecule is CN1CCN(NC(=O)C2CCN(c3ncc(C(F)(F)F)cc3Cl)CC2)CC1. The van der Waals surface area contributed by atoms with Crippen molar-refractivity contribution in [3.63, 3.8) is 0 Å². The number of alkyl halides is 3. The zero-order valence-corrected chi connectivity index (χ0v) is 15.9.